The van der Waals surface area contributed by atoms with E-state index in [1.54, 1.807) is 18.2 Å². The molecule has 0 aliphatic rings. The first-order valence-electron chi connectivity index (χ1n) is 5.20. The Hall–Kier alpha value is -1.55. The number of carbonyl (C=O) groups excluding carboxylic acids is 2. The summed E-state index contributed by atoms with van der Waals surface area (Å²) >= 11 is 5.82. The molecule has 1 aromatic rings. The molecule has 1 N–H and O–H groups in total. The van der Waals surface area contributed by atoms with E-state index in [9.17, 15) is 9.59 Å². The second-order valence-electron chi connectivity index (χ2n) is 3.78. The third kappa shape index (κ3) is 4.07. The number of halogens is 1. The summed E-state index contributed by atoms with van der Waals surface area (Å²) in [7, 11) is 0. The Kier molecular flexibility index (Phi) is 4.97. The highest BCUT2D eigenvalue weighted by Gasteiger charge is 2.09. The molecule has 4 nitrogen and oxygen atoms in total. The van der Waals surface area contributed by atoms with E-state index in [1.165, 1.54) is 0 Å². The van der Waals surface area contributed by atoms with Crippen LogP contribution in [0, 0.1) is 0 Å². The van der Waals surface area contributed by atoms with Crippen molar-refractivity contribution in [3.8, 4) is 5.75 Å². The number of nitrogens with one attached hydrogen (secondary N) is 1. The minimum absolute atomic E-state index is 0.0519. The van der Waals surface area contributed by atoms with Gasteiger partial charge in [-0.05, 0) is 26.0 Å². The van der Waals surface area contributed by atoms with Crippen molar-refractivity contribution < 1.29 is 14.3 Å². The Bertz CT molecular complexity index is 418. The monoisotopic (exact) mass is 255 g/mol. The first-order valence-corrected chi connectivity index (χ1v) is 5.58. The molecule has 0 heterocycles. The highest BCUT2D eigenvalue weighted by molar-refractivity contribution is 6.33. The topological polar surface area (TPSA) is 55.4 Å². The second-order valence-corrected chi connectivity index (χ2v) is 4.19. The zero-order chi connectivity index (χ0) is 12.8. The molecule has 0 aliphatic carbocycles. The van der Waals surface area contributed by atoms with Gasteiger partial charge in [-0.3, -0.25) is 9.59 Å². The quantitative estimate of drug-likeness (QED) is 0.820. The summed E-state index contributed by atoms with van der Waals surface area (Å²) in [4.78, 5) is 22.2. The van der Waals surface area contributed by atoms with Gasteiger partial charge in [-0.1, -0.05) is 17.7 Å². The maximum atomic E-state index is 11.4. The molecule has 92 valence electrons. The Labute approximate surface area is 105 Å². The minimum atomic E-state index is -0.239. The fraction of sp³-hybridized carbons (Fsp3) is 0.333. The van der Waals surface area contributed by atoms with Crippen LogP contribution < -0.4 is 10.1 Å². The normalized spacial score (nSPS) is 10.1. The van der Waals surface area contributed by atoms with Gasteiger partial charge in [-0.25, -0.2) is 0 Å². The standard InChI is InChI=1S/C12H14ClNO3/c1-8(2)14-12(16)7-17-11-5-3-4-10(13)9(11)6-15/h3-6,8H,7H2,1-2H3,(H,14,16). The van der Waals surface area contributed by atoms with Crippen LogP contribution in [-0.4, -0.2) is 24.8 Å². The van der Waals surface area contributed by atoms with Crippen molar-refractivity contribution in [2.24, 2.45) is 0 Å². The lowest BCUT2D eigenvalue weighted by atomic mass is 10.2. The van der Waals surface area contributed by atoms with E-state index < -0.39 is 0 Å². The molecule has 0 spiro atoms. The number of hydrogen-bond acceptors (Lipinski definition) is 3. The number of benzene rings is 1. The van der Waals surface area contributed by atoms with Gasteiger partial charge in [0.2, 0.25) is 0 Å². The lowest BCUT2D eigenvalue weighted by molar-refractivity contribution is -0.123. The SMILES string of the molecule is CC(C)NC(=O)COc1cccc(Cl)c1C=O. The molecular weight excluding hydrogens is 242 g/mol. The highest BCUT2D eigenvalue weighted by atomic mass is 35.5. The molecule has 0 bridgehead atoms. The van der Waals surface area contributed by atoms with Crippen LogP contribution in [-0.2, 0) is 4.79 Å². The zero-order valence-electron chi connectivity index (χ0n) is 9.70. The summed E-state index contributed by atoms with van der Waals surface area (Å²) < 4.78 is 5.24. The van der Waals surface area contributed by atoms with Crippen molar-refractivity contribution in [2.45, 2.75) is 19.9 Å². The van der Waals surface area contributed by atoms with Gasteiger partial charge >= 0.3 is 0 Å². The van der Waals surface area contributed by atoms with Gasteiger partial charge < -0.3 is 10.1 Å². The molecule has 0 radical (unpaired) electrons. The lowest BCUT2D eigenvalue weighted by Gasteiger charge is -2.11. The van der Waals surface area contributed by atoms with Crippen LogP contribution in [0.5, 0.6) is 5.75 Å². The average Bonchev–Trinajstić information content (AvgIpc) is 2.25. The molecular formula is C12H14ClNO3. The fourth-order valence-electron chi connectivity index (χ4n) is 1.26. The predicted molar refractivity (Wildman–Crippen MR) is 65.6 cm³/mol. The fourth-order valence-corrected chi connectivity index (χ4v) is 1.47. The van der Waals surface area contributed by atoms with Crippen LogP contribution in [0.1, 0.15) is 24.2 Å². The number of hydrogen-bond donors (Lipinski definition) is 1. The third-order valence-corrected chi connectivity index (χ3v) is 2.27. The van der Waals surface area contributed by atoms with Crippen molar-refractivity contribution in [3.63, 3.8) is 0 Å². The van der Waals surface area contributed by atoms with Crippen LogP contribution in [0.2, 0.25) is 5.02 Å². The van der Waals surface area contributed by atoms with Gasteiger partial charge in [0.05, 0.1) is 10.6 Å². The summed E-state index contributed by atoms with van der Waals surface area (Å²) in [5.41, 5.74) is 0.256. The van der Waals surface area contributed by atoms with Crippen molar-refractivity contribution >= 4 is 23.8 Å². The molecule has 0 aliphatic heterocycles. The van der Waals surface area contributed by atoms with E-state index >= 15 is 0 Å². The smallest absolute Gasteiger partial charge is 0.258 e. The molecule has 0 saturated carbocycles. The molecule has 1 rings (SSSR count). The number of amides is 1. The van der Waals surface area contributed by atoms with Gasteiger partial charge in [-0.2, -0.15) is 0 Å². The lowest BCUT2D eigenvalue weighted by Crippen LogP contribution is -2.34. The van der Waals surface area contributed by atoms with Crippen molar-refractivity contribution in [1.82, 2.24) is 5.32 Å². The van der Waals surface area contributed by atoms with Crippen LogP contribution in [0.15, 0.2) is 18.2 Å². The Morgan fingerprint density at radius 3 is 2.82 bits per heavy atom. The first-order chi connectivity index (χ1) is 8.04. The van der Waals surface area contributed by atoms with Gasteiger partial charge in [0.25, 0.3) is 5.91 Å². The highest BCUT2D eigenvalue weighted by Crippen LogP contribution is 2.24. The van der Waals surface area contributed by atoms with Crippen LogP contribution >= 0.6 is 11.6 Å². The van der Waals surface area contributed by atoms with E-state index in [2.05, 4.69) is 5.32 Å². The van der Waals surface area contributed by atoms with E-state index in [1.807, 2.05) is 13.8 Å². The number of rotatable bonds is 5. The van der Waals surface area contributed by atoms with Crippen molar-refractivity contribution in [3.05, 3.63) is 28.8 Å². The molecule has 5 heteroatoms. The number of aldehydes is 1. The number of ether oxygens (including phenoxy) is 1. The molecule has 0 saturated heterocycles. The summed E-state index contributed by atoms with van der Waals surface area (Å²) in [5.74, 6) is 0.0724. The Morgan fingerprint density at radius 2 is 2.24 bits per heavy atom. The zero-order valence-corrected chi connectivity index (χ0v) is 10.5. The summed E-state index contributed by atoms with van der Waals surface area (Å²) in [6, 6.07) is 4.89. The predicted octanol–water partition coefficient (Wildman–Crippen LogP) is 2.06. The van der Waals surface area contributed by atoms with E-state index in [-0.39, 0.29) is 24.1 Å². The first kappa shape index (κ1) is 13.5. The molecule has 17 heavy (non-hydrogen) atoms. The molecule has 1 aromatic carbocycles. The maximum Gasteiger partial charge on any atom is 0.258 e. The van der Waals surface area contributed by atoms with Gasteiger partial charge in [0.15, 0.2) is 12.9 Å². The molecule has 0 fully saturated rings. The van der Waals surface area contributed by atoms with Crippen LogP contribution in [0.4, 0.5) is 0 Å². The van der Waals surface area contributed by atoms with Gasteiger partial charge in [-0.15, -0.1) is 0 Å². The third-order valence-electron chi connectivity index (χ3n) is 1.94. The van der Waals surface area contributed by atoms with Crippen LogP contribution in [0.25, 0.3) is 0 Å². The molecule has 0 aromatic heterocycles. The minimum Gasteiger partial charge on any atom is -0.483 e. The van der Waals surface area contributed by atoms with E-state index in [0.29, 0.717) is 17.1 Å². The Balaban J connectivity index is 2.66. The molecule has 0 unspecified atom stereocenters. The van der Waals surface area contributed by atoms with E-state index in [4.69, 9.17) is 16.3 Å². The van der Waals surface area contributed by atoms with E-state index in [0.717, 1.165) is 0 Å². The Morgan fingerprint density at radius 1 is 1.53 bits per heavy atom. The number of carbonyl (C=O) groups is 2. The second kappa shape index (κ2) is 6.25. The van der Waals surface area contributed by atoms with Crippen molar-refractivity contribution in [1.29, 1.82) is 0 Å². The van der Waals surface area contributed by atoms with Gasteiger partial charge in [0, 0.05) is 6.04 Å². The maximum absolute atomic E-state index is 11.4. The molecule has 0 atom stereocenters. The van der Waals surface area contributed by atoms with Gasteiger partial charge in [0.1, 0.15) is 5.75 Å². The molecule has 1 amide bonds. The van der Waals surface area contributed by atoms with Crippen molar-refractivity contribution in [2.75, 3.05) is 6.61 Å². The average molecular weight is 256 g/mol. The summed E-state index contributed by atoms with van der Waals surface area (Å²) in [6.07, 6.45) is 0.609. The largest absolute Gasteiger partial charge is 0.483 e. The van der Waals surface area contributed by atoms with Crippen LogP contribution in [0.3, 0.4) is 0 Å². The summed E-state index contributed by atoms with van der Waals surface area (Å²) in [5, 5.41) is 2.99. The summed E-state index contributed by atoms with van der Waals surface area (Å²) in [6.45, 7) is 3.57.